The van der Waals surface area contributed by atoms with Gasteiger partial charge in [0.25, 0.3) is 0 Å². The molecule has 0 saturated heterocycles. The van der Waals surface area contributed by atoms with Crippen molar-refractivity contribution in [2.24, 2.45) is 10.8 Å². The van der Waals surface area contributed by atoms with Gasteiger partial charge >= 0.3 is 0 Å². The SMILES string of the molecule is CC(C)(C)C(C)(C)C(=O)c1ccsc1Cl. The topological polar surface area (TPSA) is 17.1 Å². The zero-order valence-electron chi connectivity index (χ0n) is 9.85. The molecule has 0 N–H and O–H groups in total. The van der Waals surface area contributed by atoms with Gasteiger partial charge in [-0.05, 0) is 16.9 Å². The van der Waals surface area contributed by atoms with Crippen LogP contribution in [0.5, 0.6) is 0 Å². The first-order valence-corrected chi connectivity index (χ1v) is 6.21. The number of carbonyl (C=O) groups is 1. The fraction of sp³-hybridized carbons (Fsp3) is 0.583. The summed E-state index contributed by atoms with van der Waals surface area (Å²) in [7, 11) is 0. The Morgan fingerprint density at radius 1 is 1.27 bits per heavy atom. The molecule has 0 aromatic carbocycles. The quantitative estimate of drug-likeness (QED) is 0.692. The maximum absolute atomic E-state index is 12.3. The fourth-order valence-electron chi connectivity index (χ4n) is 1.13. The number of hydrogen-bond acceptors (Lipinski definition) is 2. The summed E-state index contributed by atoms with van der Waals surface area (Å²) >= 11 is 7.39. The van der Waals surface area contributed by atoms with Crippen LogP contribution < -0.4 is 0 Å². The smallest absolute Gasteiger partial charge is 0.171 e. The van der Waals surface area contributed by atoms with Gasteiger partial charge in [-0.25, -0.2) is 0 Å². The molecule has 0 aliphatic carbocycles. The van der Waals surface area contributed by atoms with Crippen molar-refractivity contribution in [3.63, 3.8) is 0 Å². The lowest BCUT2D eigenvalue weighted by Gasteiger charge is -2.37. The predicted octanol–water partition coefficient (Wildman–Crippen LogP) is 4.66. The highest BCUT2D eigenvalue weighted by atomic mass is 35.5. The lowest BCUT2D eigenvalue weighted by Crippen LogP contribution is -2.37. The standard InChI is InChI=1S/C12H17ClOS/c1-11(2,3)12(4,5)9(14)8-6-7-15-10(8)13/h6-7H,1-5H3. The summed E-state index contributed by atoms with van der Waals surface area (Å²) in [5.74, 6) is 0.126. The van der Waals surface area contributed by atoms with E-state index >= 15 is 0 Å². The second kappa shape index (κ2) is 3.91. The van der Waals surface area contributed by atoms with E-state index in [1.807, 2.05) is 25.3 Å². The summed E-state index contributed by atoms with van der Waals surface area (Å²) in [4.78, 5) is 12.3. The van der Waals surface area contributed by atoms with Crippen LogP contribution >= 0.6 is 22.9 Å². The lowest BCUT2D eigenvalue weighted by molar-refractivity contribution is 0.0626. The summed E-state index contributed by atoms with van der Waals surface area (Å²) in [5, 5.41) is 1.86. The first-order chi connectivity index (χ1) is 6.68. The van der Waals surface area contributed by atoms with E-state index in [-0.39, 0.29) is 11.2 Å². The van der Waals surface area contributed by atoms with Crippen LogP contribution in [0.25, 0.3) is 0 Å². The van der Waals surface area contributed by atoms with Gasteiger partial charge in [0.15, 0.2) is 5.78 Å². The number of carbonyl (C=O) groups excluding carboxylic acids is 1. The molecule has 3 heteroatoms. The Kier molecular flexibility index (Phi) is 3.32. The second-order valence-corrected chi connectivity index (χ2v) is 6.83. The van der Waals surface area contributed by atoms with Crippen LogP contribution in [0.3, 0.4) is 0 Å². The van der Waals surface area contributed by atoms with Crippen molar-refractivity contribution in [2.45, 2.75) is 34.6 Å². The van der Waals surface area contributed by atoms with E-state index in [4.69, 9.17) is 11.6 Å². The molecule has 0 saturated carbocycles. The third kappa shape index (κ3) is 2.26. The first kappa shape index (κ1) is 12.7. The van der Waals surface area contributed by atoms with Gasteiger partial charge in [-0.15, -0.1) is 11.3 Å². The minimum absolute atomic E-state index is 0.0741. The van der Waals surface area contributed by atoms with Crippen LogP contribution in [0.4, 0.5) is 0 Å². The van der Waals surface area contributed by atoms with Gasteiger partial charge in [0, 0.05) is 11.0 Å². The van der Waals surface area contributed by atoms with Crippen LogP contribution in [-0.4, -0.2) is 5.78 Å². The molecule has 0 atom stereocenters. The molecule has 1 nitrogen and oxygen atoms in total. The fourth-order valence-corrected chi connectivity index (χ4v) is 2.05. The van der Waals surface area contributed by atoms with Crippen molar-refractivity contribution in [1.29, 1.82) is 0 Å². The Bertz CT molecular complexity index is 371. The number of rotatable bonds is 2. The average molecular weight is 245 g/mol. The molecule has 0 unspecified atom stereocenters. The van der Waals surface area contributed by atoms with Crippen LogP contribution in [-0.2, 0) is 0 Å². The summed E-state index contributed by atoms with van der Waals surface area (Å²) in [5.41, 5.74) is 0.175. The van der Waals surface area contributed by atoms with Crippen molar-refractivity contribution in [1.82, 2.24) is 0 Å². The number of ketones is 1. The molecular formula is C12H17ClOS. The molecule has 0 spiro atoms. The van der Waals surface area contributed by atoms with Crippen LogP contribution in [0.15, 0.2) is 11.4 Å². The molecule has 0 fully saturated rings. The van der Waals surface area contributed by atoms with Crippen molar-refractivity contribution in [2.75, 3.05) is 0 Å². The van der Waals surface area contributed by atoms with Crippen LogP contribution in [0, 0.1) is 10.8 Å². The minimum atomic E-state index is -0.405. The maximum Gasteiger partial charge on any atom is 0.171 e. The average Bonchev–Trinajstić information content (AvgIpc) is 2.48. The third-order valence-electron chi connectivity index (χ3n) is 3.31. The van der Waals surface area contributed by atoms with Gasteiger partial charge in [-0.3, -0.25) is 4.79 Å². The van der Waals surface area contributed by atoms with Gasteiger partial charge in [-0.1, -0.05) is 46.2 Å². The van der Waals surface area contributed by atoms with E-state index in [2.05, 4.69) is 20.8 Å². The Morgan fingerprint density at radius 2 is 1.80 bits per heavy atom. The Labute approximate surface area is 100 Å². The second-order valence-electron chi connectivity index (χ2n) is 5.31. The number of thiophene rings is 1. The molecule has 0 aliphatic rings. The van der Waals surface area contributed by atoms with Gasteiger partial charge < -0.3 is 0 Å². The van der Waals surface area contributed by atoms with Crippen LogP contribution in [0.1, 0.15) is 45.0 Å². The molecule has 0 amide bonds. The minimum Gasteiger partial charge on any atom is -0.293 e. The monoisotopic (exact) mass is 244 g/mol. The molecule has 1 aromatic heterocycles. The third-order valence-corrected chi connectivity index (χ3v) is 4.48. The van der Waals surface area contributed by atoms with Crippen molar-refractivity contribution < 1.29 is 4.79 Å². The predicted molar refractivity (Wildman–Crippen MR) is 66.9 cm³/mol. The van der Waals surface area contributed by atoms with E-state index in [0.29, 0.717) is 9.90 Å². The van der Waals surface area contributed by atoms with Gasteiger partial charge in [0.1, 0.15) is 4.34 Å². The zero-order valence-corrected chi connectivity index (χ0v) is 11.4. The molecule has 0 radical (unpaired) electrons. The normalized spacial score (nSPS) is 12.9. The molecular weight excluding hydrogens is 228 g/mol. The Morgan fingerprint density at radius 3 is 2.13 bits per heavy atom. The highest BCUT2D eigenvalue weighted by Gasteiger charge is 2.40. The summed E-state index contributed by atoms with van der Waals surface area (Å²) < 4.78 is 0.595. The van der Waals surface area contributed by atoms with E-state index in [0.717, 1.165) is 0 Å². The molecule has 1 rings (SSSR count). The lowest BCUT2D eigenvalue weighted by atomic mass is 9.66. The van der Waals surface area contributed by atoms with Crippen molar-refractivity contribution >= 4 is 28.7 Å². The highest BCUT2D eigenvalue weighted by molar-refractivity contribution is 7.14. The van der Waals surface area contributed by atoms with Gasteiger partial charge in [-0.2, -0.15) is 0 Å². The molecule has 15 heavy (non-hydrogen) atoms. The van der Waals surface area contributed by atoms with E-state index in [1.54, 1.807) is 0 Å². The zero-order chi connectivity index (χ0) is 11.9. The van der Waals surface area contributed by atoms with Crippen molar-refractivity contribution in [3.05, 3.63) is 21.3 Å². The Balaban J connectivity index is 3.11. The molecule has 0 bridgehead atoms. The molecule has 0 aliphatic heterocycles. The van der Waals surface area contributed by atoms with E-state index < -0.39 is 5.41 Å². The molecule has 1 heterocycles. The maximum atomic E-state index is 12.3. The van der Waals surface area contributed by atoms with E-state index in [9.17, 15) is 4.79 Å². The van der Waals surface area contributed by atoms with Crippen molar-refractivity contribution in [3.8, 4) is 0 Å². The molecule has 84 valence electrons. The van der Waals surface area contributed by atoms with Crippen LogP contribution in [0.2, 0.25) is 4.34 Å². The summed E-state index contributed by atoms with van der Waals surface area (Å²) in [6, 6.07) is 1.81. The summed E-state index contributed by atoms with van der Waals surface area (Å²) in [6.45, 7) is 10.2. The number of Topliss-reactive ketones (excluding diaryl/α,β-unsaturated/α-hetero) is 1. The summed E-state index contributed by atoms with van der Waals surface area (Å²) in [6.07, 6.45) is 0. The number of hydrogen-bond donors (Lipinski definition) is 0. The highest BCUT2D eigenvalue weighted by Crippen LogP contribution is 2.42. The van der Waals surface area contributed by atoms with E-state index in [1.165, 1.54) is 11.3 Å². The van der Waals surface area contributed by atoms with Gasteiger partial charge in [0.2, 0.25) is 0 Å². The Hall–Kier alpha value is -0.340. The van der Waals surface area contributed by atoms with Gasteiger partial charge in [0.05, 0.1) is 0 Å². The molecule has 1 aromatic rings. The number of halogens is 1. The first-order valence-electron chi connectivity index (χ1n) is 4.95. The largest absolute Gasteiger partial charge is 0.293 e.